The van der Waals surface area contributed by atoms with E-state index in [1.165, 1.54) is 7.11 Å². The molecule has 0 spiro atoms. The van der Waals surface area contributed by atoms with Crippen LogP contribution < -0.4 is 20.3 Å². The van der Waals surface area contributed by atoms with Gasteiger partial charge in [0.15, 0.2) is 0 Å². The number of amides is 2. The Balaban J connectivity index is 1.95. The van der Waals surface area contributed by atoms with E-state index in [1.54, 1.807) is 42.5 Å². The Bertz CT molecular complexity index is 732. The summed E-state index contributed by atoms with van der Waals surface area (Å²) in [5, 5.41) is 0. The summed E-state index contributed by atoms with van der Waals surface area (Å²) in [6.07, 6.45) is 0. The second kappa shape index (κ2) is 8.35. The summed E-state index contributed by atoms with van der Waals surface area (Å²) in [4.78, 5) is 24.1. The molecule has 2 amide bonds. The summed E-state index contributed by atoms with van der Waals surface area (Å²) in [5.74, 6) is 0.447. The van der Waals surface area contributed by atoms with Gasteiger partial charge in [-0.1, -0.05) is 0 Å². The molecule has 0 saturated heterocycles. The van der Waals surface area contributed by atoms with Crippen LogP contribution in [0.1, 0.15) is 27.6 Å². The lowest BCUT2D eigenvalue weighted by Gasteiger charge is -2.09. The molecule has 126 valence electrons. The molecule has 2 aromatic rings. The van der Waals surface area contributed by atoms with E-state index in [2.05, 4.69) is 26.8 Å². The number of rotatable bonds is 5. The van der Waals surface area contributed by atoms with Gasteiger partial charge in [0.1, 0.15) is 11.5 Å². The van der Waals surface area contributed by atoms with Crippen molar-refractivity contribution in [2.75, 3.05) is 13.7 Å². The highest BCUT2D eigenvalue weighted by Gasteiger charge is 2.11. The van der Waals surface area contributed by atoms with Crippen molar-refractivity contribution in [1.82, 2.24) is 10.9 Å². The van der Waals surface area contributed by atoms with Crippen molar-refractivity contribution in [2.45, 2.75) is 6.92 Å². The van der Waals surface area contributed by atoms with E-state index in [1.807, 2.05) is 6.92 Å². The van der Waals surface area contributed by atoms with Crippen LogP contribution in [0.2, 0.25) is 0 Å². The van der Waals surface area contributed by atoms with Gasteiger partial charge in [-0.2, -0.15) is 0 Å². The Morgan fingerprint density at radius 3 is 2.12 bits per heavy atom. The van der Waals surface area contributed by atoms with Crippen molar-refractivity contribution in [3.05, 3.63) is 58.1 Å². The molecule has 0 aliphatic carbocycles. The second-order valence-corrected chi connectivity index (χ2v) is 5.57. The molecule has 2 rings (SSSR count). The zero-order chi connectivity index (χ0) is 17.5. The molecule has 2 aromatic carbocycles. The quantitative estimate of drug-likeness (QED) is 0.766. The standard InChI is InChI=1S/C17H17BrN2O4/c1-3-24-13-7-4-11(5-8-13)16(21)19-20-17(22)12-6-9-15(23-2)14(18)10-12/h4-10H,3H2,1-2H3,(H,19,21)(H,20,22). The fourth-order valence-corrected chi connectivity index (χ4v) is 2.48. The molecule has 0 aliphatic heterocycles. The van der Waals surface area contributed by atoms with Crippen molar-refractivity contribution < 1.29 is 19.1 Å². The average molecular weight is 393 g/mol. The Labute approximate surface area is 148 Å². The molecule has 0 saturated carbocycles. The van der Waals surface area contributed by atoms with Gasteiger partial charge in [-0.25, -0.2) is 0 Å². The molecule has 0 radical (unpaired) electrons. The van der Waals surface area contributed by atoms with Gasteiger partial charge in [-0.15, -0.1) is 0 Å². The van der Waals surface area contributed by atoms with Crippen molar-refractivity contribution in [2.24, 2.45) is 0 Å². The van der Waals surface area contributed by atoms with Gasteiger partial charge < -0.3 is 9.47 Å². The normalized spacial score (nSPS) is 9.96. The van der Waals surface area contributed by atoms with Crippen molar-refractivity contribution in [3.8, 4) is 11.5 Å². The van der Waals surface area contributed by atoms with Crippen LogP contribution in [0.25, 0.3) is 0 Å². The van der Waals surface area contributed by atoms with E-state index in [0.717, 1.165) is 0 Å². The van der Waals surface area contributed by atoms with E-state index in [9.17, 15) is 9.59 Å². The van der Waals surface area contributed by atoms with Crippen LogP contribution in [0.4, 0.5) is 0 Å². The third-order valence-corrected chi connectivity index (χ3v) is 3.75. The van der Waals surface area contributed by atoms with Gasteiger partial charge in [0.25, 0.3) is 11.8 Å². The van der Waals surface area contributed by atoms with Gasteiger partial charge in [0, 0.05) is 11.1 Å². The molecular formula is C17H17BrN2O4. The minimum Gasteiger partial charge on any atom is -0.496 e. The number of halogens is 1. The molecule has 0 heterocycles. The maximum atomic E-state index is 12.1. The second-order valence-electron chi connectivity index (χ2n) is 4.71. The Kier molecular flexibility index (Phi) is 6.20. The van der Waals surface area contributed by atoms with Crippen molar-refractivity contribution >= 4 is 27.7 Å². The highest BCUT2D eigenvalue weighted by atomic mass is 79.9. The minimum absolute atomic E-state index is 0.384. The van der Waals surface area contributed by atoms with Crippen LogP contribution in [-0.4, -0.2) is 25.5 Å². The first-order valence-electron chi connectivity index (χ1n) is 7.22. The molecule has 0 aliphatic rings. The number of hydrogen-bond donors (Lipinski definition) is 2. The van der Waals surface area contributed by atoms with E-state index in [4.69, 9.17) is 9.47 Å². The fraction of sp³-hybridized carbons (Fsp3) is 0.176. The van der Waals surface area contributed by atoms with Crippen LogP contribution in [0, 0.1) is 0 Å². The molecular weight excluding hydrogens is 376 g/mol. The maximum absolute atomic E-state index is 12.1. The summed E-state index contributed by atoms with van der Waals surface area (Å²) in [7, 11) is 1.54. The maximum Gasteiger partial charge on any atom is 0.269 e. The van der Waals surface area contributed by atoms with Crippen molar-refractivity contribution in [3.63, 3.8) is 0 Å². The third kappa shape index (κ3) is 4.48. The Hall–Kier alpha value is -2.54. The molecule has 24 heavy (non-hydrogen) atoms. The van der Waals surface area contributed by atoms with E-state index in [0.29, 0.717) is 33.7 Å². The number of hydrazine groups is 1. The summed E-state index contributed by atoms with van der Waals surface area (Å²) in [6, 6.07) is 11.5. The first-order chi connectivity index (χ1) is 11.5. The lowest BCUT2D eigenvalue weighted by molar-refractivity contribution is 0.0846. The van der Waals surface area contributed by atoms with Gasteiger partial charge in [0.2, 0.25) is 0 Å². The lowest BCUT2D eigenvalue weighted by Crippen LogP contribution is -2.41. The smallest absolute Gasteiger partial charge is 0.269 e. The molecule has 0 fully saturated rings. The monoisotopic (exact) mass is 392 g/mol. The van der Waals surface area contributed by atoms with Gasteiger partial charge >= 0.3 is 0 Å². The molecule has 0 bridgehead atoms. The molecule has 2 N–H and O–H groups in total. The predicted molar refractivity (Wildman–Crippen MR) is 93.2 cm³/mol. The van der Waals surface area contributed by atoms with Crippen LogP contribution in [0.5, 0.6) is 11.5 Å². The molecule has 0 atom stereocenters. The summed E-state index contributed by atoms with van der Waals surface area (Å²) in [6.45, 7) is 2.44. The van der Waals surface area contributed by atoms with Gasteiger partial charge in [0.05, 0.1) is 18.2 Å². The summed E-state index contributed by atoms with van der Waals surface area (Å²) in [5.41, 5.74) is 5.54. The van der Waals surface area contributed by atoms with E-state index >= 15 is 0 Å². The third-order valence-electron chi connectivity index (χ3n) is 3.13. The van der Waals surface area contributed by atoms with Gasteiger partial charge in [-0.05, 0) is 65.3 Å². The zero-order valence-electron chi connectivity index (χ0n) is 13.3. The largest absolute Gasteiger partial charge is 0.496 e. The van der Waals surface area contributed by atoms with Crippen LogP contribution in [0.15, 0.2) is 46.9 Å². The minimum atomic E-state index is -0.433. The zero-order valence-corrected chi connectivity index (χ0v) is 14.8. The Morgan fingerprint density at radius 1 is 1.00 bits per heavy atom. The van der Waals surface area contributed by atoms with Crippen LogP contribution in [0.3, 0.4) is 0 Å². The first-order valence-corrected chi connectivity index (χ1v) is 8.01. The number of benzene rings is 2. The Morgan fingerprint density at radius 2 is 1.58 bits per heavy atom. The lowest BCUT2D eigenvalue weighted by atomic mass is 10.2. The molecule has 7 heteroatoms. The molecule has 0 aromatic heterocycles. The number of carbonyl (C=O) groups excluding carboxylic acids is 2. The highest BCUT2D eigenvalue weighted by Crippen LogP contribution is 2.25. The number of hydrogen-bond acceptors (Lipinski definition) is 4. The summed E-state index contributed by atoms with van der Waals surface area (Å²) >= 11 is 3.31. The van der Waals surface area contributed by atoms with Gasteiger partial charge in [-0.3, -0.25) is 20.4 Å². The van der Waals surface area contributed by atoms with Crippen molar-refractivity contribution in [1.29, 1.82) is 0 Å². The molecule has 6 nitrogen and oxygen atoms in total. The SMILES string of the molecule is CCOc1ccc(C(=O)NNC(=O)c2ccc(OC)c(Br)c2)cc1. The highest BCUT2D eigenvalue weighted by molar-refractivity contribution is 9.10. The number of carbonyl (C=O) groups is 2. The first kappa shape index (κ1) is 17.8. The average Bonchev–Trinajstić information content (AvgIpc) is 2.60. The van der Waals surface area contributed by atoms with Crippen LogP contribution >= 0.6 is 15.9 Å². The topological polar surface area (TPSA) is 76.7 Å². The van der Waals surface area contributed by atoms with E-state index < -0.39 is 11.8 Å². The van der Waals surface area contributed by atoms with Crippen LogP contribution in [-0.2, 0) is 0 Å². The molecule has 0 unspecified atom stereocenters. The number of methoxy groups -OCH3 is 1. The number of ether oxygens (including phenoxy) is 2. The predicted octanol–water partition coefficient (Wildman–Crippen LogP) is 2.93. The van der Waals surface area contributed by atoms with E-state index in [-0.39, 0.29) is 0 Å². The fourth-order valence-electron chi connectivity index (χ4n) is 1.93. The number of nitrogens with one attached hydrogen (secondary N) is 2. The summed E-state index contributed by atoms with van der Waals surface area (Å²) < 4.78 is 11.1.